The number of imidazole rings is 1. The number of quaternary nitrogens is 1. The van der Waals surface area contributed by atoms with Crippen molar-refractivity contribution in [3.05, 3.63) is 76.5 Å². The zero-order valence-electron chi connectivity index (χ0n) is 33.7. The molecular formula is C41H47ClF4N9O6+. The van der Waals surface area contributed by atoms with Crippen LogP contribution in [0.5, 0.6) is 0 Å². The fourth-order valence-electron chi connectivity index (χ4n) is 8.55. The van der Waals surface area contributed by atoms with E-state index in [1.807, 2.05) is 0 Å². The number of hydrogen-bond donors (Lipinski definition) is 3. The van der Waals surface area contributed by atoms with Gasteiger partial charge < -0.3 is 39.3 Å². The van der Waals surface area contributed by atoms with Gasteiger partial charge in [0.1, 0.15) is 0 Å². The second-order valence-corrected chi connectivity index (χ2v) is 16.3. The molecule has 0 aliphatic carbocycles. The van der Waals surface area contributed by atoms with Gasteiger partial charge in [-0.2, -0.15) is 13.9 Å². The Labute approximate surface area is 353 Å². The van der Waals surface area contributed by atoms with Gasteiger partial charge in [0.2, 0.25) is 5.91 Å². The molecule has 15 nitrogen and oxygen atoms in total. The predicted octanol–water partition coefficient (Wildman–Crippen LogP) is 4.50. The van der Waals surface area contributed by atoms with Crippen molar-refractivity contribution in [2.24, 2.45) is 18.9 Å². The molecule has 3 aliphatic heterocycles. The van der Waals surface area contributed by atoms with Crippen LogP contribution in [0.25, 0.3) is 22.4 Å². The van der Waals surface area contributed by atoms with Crippen molar-refractivity contribution in [2.75, 3.05) is 77.4 Å². The molecule has 0 radical (unpaired) electrons. The Kier molecular flexibility index (Phi) is 13.1. The molecular weight excluding hydrogens is 826 g/mol. The fraction of sp³-hybridized carbons (Fsp3) is 0.463. The molecule has 2 aromatic carbocycles. The second kappa shape index (κ2) is 18.3. The summed E-state index contributed by atoms with van der Waals surface area (Å²) in [5.74, 6) is -4.01. The molecule has 3 saturated heterocycles. The minimum absolute atomic E-state index is 0.0225. The number of carbonyl (C=O) groups is 4. The average molecular weight is 873 g/mol. The number of aromatic nitrogens is 4. The molecule has 0 spiro atoms. The number of carboxylic acid groups (broad SMARTS) is 1. The predicted molar refractivity (Wildman–Crippen MR) is 215 cm³/mol. The Morgan fingerprint density at radius 3 is 2.31 bits per heavy atom. The van der Waals surface area contributed by atoms with Gasteiger partial charge in [-0.1, -0.05) is 17.7 Å². The van der Waals surface area contributed by atoms with E-state index in [4.69, 9.17) is 11.6 Å². The maximum Gasteiger partial charge on any atom is 0.359 e. The van der Waals surface area contributed by atoms with E-state index in [1.54, 1.807) is 16.7 Å². The maximum absolute atomic E-state index is 15.6. The number of piperazine rings is 1. The summed E-state index contributed by atoms with van der Waals surface area (Å²) in [6, 6.07) is 7.13. The molecule has 0 bridgehead atoms. The maximum atomic E-state index is 15.6. The van der Waals surface area contributed by atoms with Crippen LogP contribution < -0.4 is 10.6 Å². The summed E-state index contributed by atoms with van der Waals surface area (Å²) in [5.41, 5.74) is 0.942. The molecule has 0 unspecified atom stereocenters. The standard InChI is InChI=1S/C41H46ClF4N9O6/c1-24-31(21-54(50-24)13-16-61-41(45)46)28-5-6-30(36(44)35(28)43)33-20-48-37(51(33)2)38(58)49-27-3-4-29(32(42)17-27)40(60)53-11-9-52(10-12-53)39(59)26-7-14-55(15-8-26,23-34(56)57)22-25-18-47-19-25/h3-6,17,20-21,25-26,41,47H,7-16,18-19,22-23H2,1-2H3,(H-,49,56,57,58,60)/p+1. The van der Waals surface area contributed by atoms with Crippen LogP contribution in [0.15, 0.2) is 42.7 Å². The van der Waals surface area contributed by atoms with Crippen molar-refractivity contribution in [3.63, 3.8) is 0 Å². The van der Waals surface area contributed by atoms with Crippen LogP contribution in [0.3, 0.4) is 0 Å². The highest BCUT2D eigenvalue weighted by Gasteiger charge is 2.42. The van der Waals surface area contributed by atoms with E-state index in [9.17, 15) is 33.1 Å². The Morgan fingerprint density at radius 2 is 1.67 bits per heavy atom. The Hall–Kier alpha value is -5.37. The lowest BCUT2D eigenvalue weighted by Gasteiger charge is -2.46. The number of alkyl halides is 2. The smallest absolute Gasteiger partial charge is 0.359 e. The van der Waals surface area contributed by atoms with E-state index in [0.29, 0.717) is 68.2 Å². The van der Waals surface area contributed by atoms with Gasteiger partial charge in [-0.3, -0.25) is 19.1 Å². The van der Waals surface area contributed by atoms with Gasteiger partial charge in [0.15, 0.2) is 24.0 Å². The van der Waals surface area contributed by atoms with Crippen LogP contribution in [-0.4, -0.2) is 141 Å². The Bertz CT molecular complexity index is 2300. The molecule has 3 fully saturated rings. The lowest BCUT2D eigenvalue weighted by Crippen LogP contribution is -2.62. The number of ether oxygens (including phenoxy) is 1. The molecule has 3 amide bonds. The second-order valence-electron chi connectivity index (χ2n) is 15.9. The highest BCUT2D eigenvalue weighted by molar-refractivity contribution is 6.34. The minimum atomic E-state index is -2.94. The quantitative estimate of drug-likeness (QED) is 0.122. The van der Waals surface area contributed by atoms with Crippen molar-refractivity contribution in [3.8, 4) is 22.4 Å². The molecule has 3 aliphatic rings. The van der Waals surface area contributed by atoms with Crippen LogP contribution in [0.1, 0.15) is 39.5 Å². The third-order valence-corrected chi connectivity index (χ3v) is 12.2. The van der Waals surface area contributed by atoms with Gasteiger partial charge in [0, 0.05) is 99.6 Å². The van der Waals surface area contributed by atoms with E-state index >= 15 is 8.78 Å². The van der Waals surface area contributed by atoms with Crippen LogP contribution in [0, 0.1) is 30.4 Å². The number of nitrogens with zero attached hydrogens (tertiary/aromatic N) is 7. The zero-order valence-corrected chi connectivity index (χ0v) is 34.4. The lowest BCUT2D eigenvalue weighted by atomic mass is 9.90. The van der Waals surface area contributed by atoms with Gasteiger partial charge >= 0.3 is 12.6 Å². The number of aryl methyl sites for hydroxylation is 1. The van der Waals surface area contributed by atoms with Crippen molar-refractivity contribution >= 4 is 41.0 Å². The molecule has 0 saturated carbocycles. The first-order valence-electron chi connectivity index (χ1n) is 20.0. The van der Waals surface area contributed by atoms with E-state index in [-0.39, 0.29) is 81.9 Å². The Morgan fingerprint density at radius 1 is 1.00 bits per heavy atom. The summed E-state index contributed by atoms with van der Waals surface area (Å²) in [6.45, 7) is 3.57. The number of halogens is 5. The summed E-state index contributed by atoms with van der Waals surface area (Å²) in [5, 5.41) is 19.8. The number of carboxylic acids is 1. The van der Waals surface area contributed by atoms with Crippen molar-refractivity contribution < 1.29 is 51.1 Å². The molecule has 4 aromatic rings. The summed E-state index contributed by atoms with van der Waals surface area (Å²) in [4.78, 5) is 59.6. The third-order valence-electron chi connectivity index (χ3n) is 11.9. The number of aliphatic carboxylic acids is 1. The number of piperidine rings is 1. The number of anilines is 1. The van der Waals surface area contributed by atoms with E-state index < -0.39 is 30.1 Å². The molecule has 20 heteroatoms. The summed E-state index contributed by atoms with van der Waals surface area (Å²) >= 11 is 6.56. The lowest BCUT2D eigenvalue weighted by molar-refractivity contribution is -0.929. The summed E-state index contributed by atoms with van der Waals surface area (Å²) in [6.07, 6.45) is 3.90. The molecule has 5 heterocycles. The van der Waals surface area contributed by atoms with Gasteiger partial charge in [-0.05, 0) is 31.2 Å². The molecule has 7 rings (SSSR count). The number of benzene rings is 2. The highest BCUT2D eigenvalue weighted by Crippen LogP contribution is 2.34. The van der Waals surface area contributed by atoms with Gasteiger partial charge in [-0.15, -0.1) is 0 Å². The largest absolute Gasteiger partial charge is 0.477 e. The SMILES string of the molecule is Cc1nn(CCOC(F)F)cc1-c1ccc(-c2cnc(C(=O)Nc3ccc(C(=O)N4CCN(C(=O)C5CC[N+](CC(=O)O)(CC6CNC6)CC5)CC4)c(Cl)c3)n2C)c(F)c1F. The van der Waals surface area contributed by atoms with Crippen LogP contribution in [-0.2, 0) is 27.9 Å². The summed E-state index contributed by atoms with van der Waals surface area (Å²) < 4.78 is 63.2. The molecule has 3 N–H and O–H groups in total. The molecule has 61 heavy (non-hydrogen) atoms. The van der Waals surface area contributed by atoms with Crippen molar-refractivity contribution in [1.82, 2.24) is 34.4 Å². The van der Waals surface area contributed by atoms with Crippen LogP contribution in [0.4, 0.5) is 23.2 Å². The number of hydrogen-bond acceptors (Lipinski definition) is 8. The Balaban J connectivity index is 0.934. The highest BCUT2D eigenvalue weighted by atomic mass is 35.5. The average Bonchev–Trinajstić information content (AvgIpc) is 3.78. The number of carbonyl (C=O) groups excluding carboxylic acids is 3. The van der Waals surface area contributed by atoms with Crippen molar-refractivity contribution in [2.45, 2.75) is 32.9 Å². The van der Waals surface area contributed by atoms with Crippen molar-refractivity contribution in [1.29, 1.82) is 0 Å². The van der Waals surface area contributed by atoms with Crippen LogP contribution >= 0.6 is 11.6 Å². The molecule has 0 atom stereocenters. The number of likely N-dealkylation sites (tertiary alicyclic amines) is 1. The number of rotatable bonds is 14. The van der Waals surface area contributed by atoms with E-state index in [0.717, 1.165) is 19.6 Å². The monoisotopic (exact) mass is 872 g/mol. The minimum Gasteiger partial charge on any atom is -0.477 e. The number of amides is 3. The number of nitrogens with one attached hydrogen (secondary N) is 2. The van der Waals surface area contributed by atoms with Gasteiger partial charge in [0.05, 0.1) is 61.0 Å². The van der Waals surface area contributed by atoms with Gasteiger partial charge in [0.25, 0.3) is 11.8 Å². The van der Waals surface area contributed by atoms with Gasteiger partial charge in [-0.25, -0.2) is 18.6 Å². The first kappa shape index (κ1) is 43.7. The van der Waals surface area contributed by atoms with Crippen LogP contribution in [0.2, 0.25) is 5.02 Å². The summed E-state index contributed by atoms with van der Waals surface area (Å²) in [7, 11) is 1.47. The topological polar surface area (TPSA) is 164 Å². The molecule has 326 valence electrons. The van der Waals surface area contributed by atoms with E-state index in [2.05, 4.69) is 25.5 Å². The molecule has 2 aromatic heterocycles. The third kappa shape index (κ3) is 9.59. The normalized spacial score (nSPS) is 19.6. The first-order valence-corrected chi connectivity index (χ1v) is 20.4. The van der Waals surface area contributed by atoms with E-state index in [1.165, 1.54) is 59.0 Å². The zero-order chi connectivity index (χ0) is 43.6. The first-order chi connectivity index (χ1) is 29.1. The fourth-order valence-corrected chi connectivity index (χ4v) is 8.81.